The lowest BCUT2D eigenvalue weighted by Crippen LogP contribution is -2.28. The molecule has 0 radical (unpaired) electrons. The maximum Gasteiger partial charge on any atom is 0.146 e. The van der Waals surface area contributed by atoms with Crippen LogP contribution in [0.15, 0.2) is 186 Å². The maximum absolute atomic E-state index is 5.42. The van der Waals surface area contributed by atoms with Crippen molar-refractivity contribution in [3.63, 3.8) is 0 Å². The van der Waals surface area contributed by atoms with E-state index in [-0.39, 0.29) is 6.17 Å². The molecule has 0 saturated carbocycles. The van der Waals surface area contributed by atoms with Crippen LogP contribution < -0.4 is 10.2 Å². The van der Waals surface area contributed by atoms with Crippen molar-refractivity contribution < 1.29 is 0 Å². The minimum Gasteiger partial charge on any atom is -0.359 e. The first-order chi connectivity index (χ1) is 27.2. The monoisotopic (exact) mass is 725 g/mol. The number of para-hydroxylation sites is 2. The van der Waals surface area contributed by atoms with Crippen molar-refractivity contribution in [2.45, 2.75) is 25.9 Å². The minimum atomic E-state index is -0.223. The topological polar surface area (TPSA) is 27.6 Å². The van der Waals surface area contributed by atoms with Crippen molar-refractivity contribution in [1.82, 2.24) is 5.32 Å². The van der Waals surface area contributed by atoms with E-state index >= 15 is 0 Å². The number of nitrogens with one attached hydrogen (secondary N) is 1. The number of rotatable bonds is 7. The molecule has 2 aliphatic rings. The molecule has 2 heterocycles. The number of thiophene rings is 1. The van der Waals surface area contributed by atoms with E-state index in [2.05, 4.69) is 199 Å². The van der Waals surface area contributed by atoms with Crippen LogP contribution >= 0.6 is 11.3 Å². The van der Waals surface area contributed by atoms with Crippen molar-refractivity contribution in [3.05, 3.63) is 214 Å². The van der Waals surface area contributed by atoms with Crippen molar-refractivity contribution in [2.75, 3.05) is 4.90 Å². The van der Waals surface area contributed by atoms with Crippen LogP contribution in [-0.4, -0.2) is 5.71 Å². The van der Waals surface area contributed by atoms with Gasteiger partial charge in [-0.1, -0.05) is 133 Å². The number of benzene rings is 7. The van der Waals surface area contributed by atoms with E-state index in [0.717, 1.165) is 46.9 Å². The molecule has 0 bridgehead atoms. The van der Waals surface area contributed by atoms with Crippen LogP contribution in [0.2, 0.25) is 0 Å². The number of allylic oxidation sites excluding steroid dienone is 2. The summed E-state index contributed by atoms with van der Waals surface area (Å²) in [5, 5.41) is 7.78. The third-order valence-electron chi connectivity index (χ3n) is 11.0. The Morgan fingerprint density at radius 2 is 1.24 bits per heavy atom. The highest BCUT2D eigenvalue weighted by Gasteiger charge is 2.28. The van der Waals surface area contributed by atoms with Crippen LogP contribution in [0.4, 0.5) is 17.1 Å². The van der Waals surface area contributed by atoms with Crippen molar-refractivity contribution in [1.29, 1.82) is 0 Å². The van der Waals surface area contributed by atoms with E-state index < -0.39 is 0 Å². The van der Waals surface area contributed by atoms with Crippen LogP contribution in [0, 0.1) is 0 Å². The summed E-state index contributed by atoms with van der Waals surface area (Å²) in [6.45, 7) is 2.23. The van der Waals surface area contributed by atoms with Gasteiger partial charge in [-0.05, 0) is 101 Å². The van der Waals surface area contributed by atoms with E-state index in [4.69, 9.17) is 4.99 Å². The smallest absolute Gasteiger partial charge is 0.146 e. The number of anilines is 3. The Labute approximate surface area is 326 Å². The van der Waals surface area contributed by atoms with Gasteiger partial charge in [-0.2, -0.15) is 0 Å². The molecule has 1 unspecified atom stereocenters. The van der Waals surface area contributed by atoms with Gasteiger partial charge in [0.15, 0.2) is 0 Å². The first-order valence-electron chi connectivity index (χ1n) is 19.0. The molecule has 0 amide bonds. The zero-order chi connectivity index (χ0) is 36.7. The predicted octanol–water partition coefficient (Wildman–Crippen LogP) is 13.5. The van der Waals surface area contributed by atoms with Crippen molar-refractivity contribution in [2.24, 2.45) is 4.99 Å². The van der Waals surface area contributed by atoms with Crippen LogP contribution in [0.5, 0.6) is 0 Å². The molecule has 1 aliphatic carbocycles. The normalized spacial score (nSPS) is 15.3. The Kier molecular flexibility index (Phi) is 8.46. The number of hydrogen-bond donors (Lipinski definition) is 1. The summed E-state index contributed by atoms with van der Waals surface area (Å²) in [7, 11) is 0. The molecular formula is C51H39N3S. The summed E-state index contributed by atoms with van der Waals surface area (Å²) >= 11 is 1.91. The van der Waals surface area contributed by atoms with Crippen LogP contribution in [0.3, 0.4) is 0 Å². The molecule has 7 aromatic carbocycles. The average Bonchev–Trinajstić information content (AvgIpc) is 3.63. The summed E-state index contributed by atoms with van der Waals surface area (Å²) in [5.74, 6) is 0. The molecule has 264 valence electrons. The largest absolute Gasteiger partial charge is 0.359 e. The molecule has 1 N–H and O–H groups in total. The summed E-state index contributed by atoms with van der Waals surface area (Å²) in [5.41, 5.74) is 14.5. The van der Waals surface area contributed by atoms with E-state index in [0.29, 0.717) is 0 Å². The summed E-state index contributed by atoms with van der Waals surface area (Å²) in [4.78, 5) is 9.10. The fraction of sp³-hybridized carbons (Fsp3) is 0.0784. The van der Waals surface area contributed by atoms with Gasteiger partial charge >= 0.3 is 0 Å². The SMILES string of the molecule is CC1=C(c2cccc3sc4c(c23)CCC(c2ccc(N(c3ccccc3)c3ccccc3)cc2)=C4)NC(c2cccc3ccccc23)N=C1c1ccccc1. The first kappa shape index (κ1) is 33.1. The number of nitrogens with zero attached hydrogens (tertiary/aromatic N) is 2. The van der Waals surface area contributed by atoms with Gasteiger partial charge in [0.1, 0.15) is 6.17 Å². The predicted molar refractivity (Wildman–Crippen MR) is 235 cm³/mol. The van der Waals surface area contributed by atoms with Gasteiger partial charge in [0.2, 0.25) is 0 Å². The molecule has 3 nitrogen and oxygen atoms in total. The van der Waals surface area contributed by atoms with Crippen LogP contribution in [-0.2, 0) is 6.42 Å². The second-order valence-corrected chi connectivity index (χ2v) is 15.4. The van der Waals surface area contributed by atoms with Gasteiger partial charge in [0.25, 0.3) is 0 Å². The minimum absolute atomic E-state index is 0.223. The molecule has 0 fully saturated rings. The number of aryl methyl sites for hydroxylation is 1. The van der Waals surface area contributed by atoms with E-state index in [1.807, 2.05) is 11.3 Å². The molecule has 1 atom stereocenters. The summed E-state index contributed by atoms with van der Waals surface area (Å²) in [6, 6.07) is 63.0. The highest BCUT2D eigenvalue weighted by molar-refractivity contribution is 7.20. The van der Waals surface area contributed by atoms with Gasteiger partial charge in [-0.25, -0.2) is 0 Å². The lowest BCUT2D eigenvalue weighted by molar-refractivity contribution is 0.665. The van der Waals surface area contributed by atoms with Crippen molar-refractivity contribution in [3.8, 4) is 0 Å². The zero-order valence-electron chi connectivity index (χ0n) is 30.6. The third kappa shape index (κ3) is 6.05. The second-order valence-electron chi connectivity index (χ2n) is 14.3. The second kappa shape index (κ2) is 14.1. The standard InChI is InChI=1S/C51H39N3S/c1-34-49(37-16-5-2-6-17-37)52-51(43-24-13-18-36-15-11-12-23-42(36)43)53-50(34)45-25-14-26-46-48(45)44-32-29-38(33-47(44)55-46)35-27-30-41(31-28-35)54(39-19-7-3-8-20-39)40-21-9-4-10-22-40/h2-28,30-31,33,51,53H,29,32H2,1H3. The quantitative estimate of drug-likeness (QED) is 0.177. The zero-order valence-corrected chi connectivity index (χ0v) is 31.4. The van der Waals surface area contributed by atoms with Gasteiger partial charge in [-0.3, -0.25) is 4.99 Å². The average molecular weight is 726 g/mol. The van der Waals surface area contributed by atoms with E-state index in [9.17, 15) is 0 Å². The molecule has 8 aromatic rings. The number of aliphatic imine (C=N–C) groups is 1. The highest BCUT2D eigenvalue weighted by Crippen LogP contribution is 2.45. The fourth-order valence-corrected chi connectivity index (χ4v) is 9.62. The Balaban J connectivity index is 1.03. The molecule has 0 spiro atoms. The highest BCUT2D eigenvalue weighted by atomic mass is 32.1. The molecule has 10 rings (SSSR count). The molecule has 0 saturated heterocycles. The fourth-order valence-electron chi connectivity index (χ4n) is 8.37. The third-order valence-corrected chi connectivity index (χ3v) is 12.2. The lowest BCUT2D eigenvalue weighted by Gasteiger charge is -2.29. The Bertz CT molecular complexity index is 2730. The Hall–Kier alpha value is -6.49. The van der Waals surface area contributed by atoms with Gasteiger partial charge in [0.05, 0.1) is 5.71 Å². The Morgan fingerprint density at radius 1 is 0.600 bits per heavy atom. The van der Waals surface area contributed by atoms with Gasteiger partial charge < -0.3 is 10.2 Å². The molecule has 1 aromatic heterocycles. The maximum atomic E-state index is 5.42. The summed E-state index contributed by atoms with van der Waals surface area (Å²) < 4.78 is 1.32. The van der Waals surface area contributed by atoms with Gasteiger partial charge in [0, 0.05) is 54.4 Å². The number of fused-ring (bicyclic) bond motifs is 4. The van der Waals surface area contributed by atoms with Gasteiger partial charge in [-0.15, -0.1) is 11.3 Å². The van der Waals surface area contributed by atoms with Crippen LogP contribution in [0.1, 0.15) is 52.2 Å². The van der Waals surface area contributed by atoms with E-state index in [1.54, 1.807) is 0 Å². The van der Waals surface area contributed by atoms with E-state index in [1.165, 1.54) is 59.1 Å². The molecule has 1 aliphatic heterocycles. The first-order valence-corrected chi connectivity index (χ1v) is 19.9. The van der Waals surface area contributed by atoms with Crippen molar-refractivity contribution >= 4 is 72.3 Å². The lowest BCUT2D eigenvalue weighted by atomic mass is 9.88. The molecule has 55 heavy (non-hydrogen) atoms. The summed E-state index contributed by atoms with van der Waals surface area (Å²) in [6.07, 6.45) is 4.21. The van der Waals surface area contributed by atoms with Crippen LogP contribution in [0.25, 0.3) is 38.2 Å². The Morgan fingerprint density at radius 3 is 1.98 bits per heavy atom. The number of hydrogen-bond acceptors (Lipinski definition) is 4. The molecular weight excluding hydrogens is 687 g/mol. The molecule has 4 heteroatoms.